The zero-order valence-corrected chi connectivity index (χ0v) is 17.0. The first kappa shape index (κ1) is 22.7. The van der Waals surface area contributed by atoms with Crippen molar-refractivity contribution < 1.29 is 26.4 Å². The number of alkyl halides is 3. The zero-order chi connectivity index (χ0) is 21.8. The van der Waals surface area contributed by atoms with Gasteiger partial charge in [0.2, 0.25) is 15.9 Å². The predicted molar refractivity (Wildman–Crippen MR) is 106 cm³/mol. The third-order valence-electron chi connectivity index (χ3n) is 5.37. The summed E-state index contributed by atoms with van der Waals surface area (Å²) in [5.74, 6) is -0.573. The van der Waals surface area contributed by atoms with Crippen molar-refractivity contribution in [2.24, 2.45) is 5.92 Å². The topological polar surface area (TPSA) is 90.5 Å². The van der Waals surface area contributed by atoms with Gasteiger partial charge in [0.15, 0.2) is 0 Å². The fourth-order valence-electron chi connectivity index (χ4n) is 3.72. The Hall–Kier alpha value is -1.95. The van der Waals surface area contributed by atoms with E-state index in [0.717, 1.165) is 5.56 Å². The van der Waals surface area contributed by atoms with Gasteiger partial charge in [-0.2, -0.15) is 17.5 Å². The number of hydrogen-bond acceptors (Lipinski definition) is 5. The molecule has 0 saturated carbocycles. The first-order chi connectivity index (χ1) is 14.1. The number of sulfonamides is 1. The Morgan fingerprint density at radius 3 is 2.47 bits per heavy atom. The van der Waals surface area contributed by atoms with E-state index in [1.54, 1.807) is 6.08 Å². The number of piperidine rings is 1. The number of nitrogens with zero attached hydrogens (tertiary/aromatic N) is 1. The van der Waals surface area contributed by atoms with Gasteiger partial charge in [-0.15, -0.1) is 0 Å². The molecule has 0 aromatic heterocycles. The van der Waals surface area contributed by atoms with Gasteiger partial charge in [-0.3, -0.25) is 10.2 Å². The lowest BCUT2D eigenvalue weighted by Crippen LogP contribution is -2.46. The van der Waals surface area contributed by atoms with E-state index in [-0.39, 0.29) is 12.0 Å². The summed E-state index contributed by atoms with van der Waals surface area (Å²) in [6.45, 7) is -0.647. The van der Waals surface area contributed by atoms with Gasteiger partial charge in [0, 0.05) is 24.5 Å². The van der Waals surface area contributed by atoms with Crippen LogP contribution in [0.1, 0.15) is 24.8 Å². The molecular weight excluding hydrogens is 421 g/mol. The molecule has 30 heavy (non-hydrogen) atoms. The van der Waals surface area contributed by atoms with Crippen LogP contribution >= 0.6 is 0 Å². The highest BCUT2D eigenvalue weighted by Gasteiger charge is 2.38. The number of carbonyl (C=O) groups excluding carboxylic acids is 1. The number of rotatable bonds is 6. The Balaban J connectivity index is 1.47. The minimum atomic E-state index is -4.45. The number of halogens is 3. The van der Waals surface area contributed by atoms with E-state index in [1.165, 1.54) is 9.71 Å². The van der Waals surface area contributed by atoms with Crippen molar-refractivity contribution in [3.63, 3.8) is 0 Å². The van der Waals surface area contributed by atoms with E-state index in [9.17, 15) is 26.4 Å². The molecule has 2 atom stereocenters. The number of hydrogen-bond donors (Lipinski definition) is 3. The summed E-state index contributed by atoms with van der Waals surface area (Å²) in [5, 5.41) is 3.09. The Kier molecular flexibility index (Phi) is 7.17. The van der Waals surface area contributed by atoms with Gasteiger partial charge < -0.3 is 5.32 Å². The van der Waals surface area contributed by atoms with E-state index in [1.807, 2.05) is 35.6 Å². The zero-order valence-electron chi connectivity index (χ0n) is 16.2. The van der Waals surface area contributed by atoms with Crippen LogP contribution in [-0.4, -0.2) is 56.5 Å². The van der Waals surface area contributed by atoms with Gasteiger partial charge in [0.25, 0.3) is 0 Å². The molecule has 0 spiro atoms. The van der Waals surface area contributed by atoms with Crippen molar-refractivity contribution >= 4 is 22.0 Å². The van der Waals surface area contributed by atoms with Gasteiger partial charge in [0.1, 0.15) is 12.6 Å². The minimum Gasteiger partial charge on any atom is -0.346 e. The van der Waals surface area contributed by atoms with Crippen LogP contribution in [0.3, 0.4) is 0 Å². The van der Waals surface area contributed by atoms with E-state index < -0.39 is 34.7 Å². The highest BCUT2D eigenvalue weighted by atomic mass is 32.2. The quantitative estimate of drug-likeness (QED) is 0.618. The summed E-state index contributed by atoms with van der Waals surface area (Å²) in [5.41, 5.74) is 6.53. The molecule has 0 radical (unpaired) electrons. The summed E-state index contributed by atoms with van der Waals surface area (Å²) >= 11 is 0. The Morgan fingerprint density at radius 2 is 1.83 bits per heavy atom. The van der Waals surface area contributed by atoms with Crippen molar-refractivity contribution in [3.05, 3.63) is 41.3 Å². The van der Waals surface area contributed by atoms with Crippen molar-refractivity contribution in [2.75, 3.05) is 19.6 Å². The molecule has 2 fully saturated rings. The summed E-state index contributed by atoms with van der Waals surface area (Å²) in [4.78, 5) is 11.9. The summed E-state index contributed by atoms with van der Waals surface area (Å²) < 4.78 is 63.3. The van der Waals surface area contributed by atoms with Gasteiger partial charge in [-0.1, -0.05) is 30.3 Å². The number of nitrogens with one attached hydrogen (secondary N) is 3. The van der Waals surface area contributed by atoms with Crippen LogP contribution in [0.25, 0.3) is 6.08 Å². The van der Waals surface area contributed by atoms with E-state index in [2.05, 4.69) is 10.9 Å². The molecule has 3 N–H and O–H groups in total. The molecule has 11 heteroatoms. The minimum absolute atomic E-state index is 0.101. The van der Waals surface area contributed by atoms with Crippen molar-refractivity contribution in [1.29, 1.82) is 0 Å². The number of benzene rings is 1. The molecule has 3 rings (SSSR count). The molecule has 2 aliphatic heterocycles. The molecule has 2 aliphatic rings. The molecule has 166 valence electrons. The lowest BCUT2D eigenvalue weighted by molar-refractivity contribution is -0.139. The highest BCUT2D eigenvalue weighted by Crippen LogP contribution is 2.27. The summed E-state index contributed by atoms with van der Waals surface area (Å²) in [6, 6.07) is 8.31. The average molecular weight is 446 g/mol. The molecule has 2 saturated heterocycles. The van der Waals surface area contributed by atoms with Crippen LogP contribution in [0.4, 0.5) is 13.2 Å². The monoisotopic (exact) mass is 446 g/mol. The molecule has 0 aliphatic carbocycles. The van der Waals surface area contributed by atoms with Crippen LogP contribution < -0.4 is 16.2 Å². The van der Waals surface area contributed by atoms with Crippen molar-refractivity contribution in [3.8, 4) is 0 Å². The van der Waals surface area contributed by atoms with E-state index in [0.29, 0.717) is 32.4 Å². The first-order valence-electron chi connectivity index (χ1n) is 9.73. The third-order valence-corrected chi connectivity index (χ3v) is 6.94. The van der Waals surface area contributed by atoms with Crippen molar-refractivity contribution in [2.45, 2.75) is 37.5 Å². The number of hydrazine groups is 1. The van der Waals surface area contributed by atoms with Gasteiger partial charge in [-0.25, -0.2) is 13.8 Å². The highest BCUT2D eigenvalue weighted by molar-refractivity contribution is 7.92. The second-order valence-corrected chi connectivity index (χ2v) is 9.33. The fraction of sp³-hybridized carbons (Fsp3) is 0.526. The maximum absolute atomic E-state index is 12.5. The molecule has 7 nitrogen and oxygen atoms in total. The molecule has 2 unspecified atom stereocenters. The number of carbonyl (C=O) groups is 1. The average Bonchev–Trinajstić information content (AvgIpc) is 3.21. The van der Waals surface area contributed by atoms with Crippen LogP contribution in [-0.2, 0) is 14.8 Å². The third kappa shape index (κ3) is 6.27. The van der Waals surface area contributed by atoms with Crippen LogP contribution in [0.2, 0.25) is 0 Å². The molecule has 1 aromatic carbocycles. The lowest BCUT2D eigenvalue weighted by Gasteiger charge is -2.33. The second-order valence-electron chi connectivity index (χ2n) is 7.51. The normalized spacial score (nSPS) is 24.4. The maximum Gasteiger partial charge on any atom is 0.405 e. The molecule has 2 heterocycles. The number of amides is 1. The van der Waals surface area contributed by atoms with E-state index >= 15 is 0 Å². The molecule has 1 amide bonds. The maximum atomic E-state index is 12.5. The lowest BCUT2D eigenvalue weighted by atomic mass is 9.88. The fourth-order valence-corrected chi connectivity index (χ4v) is 4.94. The standard InChI is InChI=1S/C19H25F3N4O3S/c20-19(21,22)13-23-18(27)17-12-16(24-25-17)15-6-9-26(10-7-15)30(28,29)11-8-14-4-2-1-3-5-14/h1-5,8,11,15-17,24-25H,6-7,9-10,12-13H2,(H,23,27)/b11-8+. The Morgan fingerprint density at radius 1 is 1.17 bits per heavy atom. The summed E-state index contributed by atoms with van der Waals surface area (Å²) in [7, 11) is -3.53. The smallest absolute Gasteiger partial charge is 0.346 e. The van der Waals surface area contributed by atoms with Gasteiger partial charge in [-0.05, 0) is 36.8 Å². The predicted octanol–water partition coefficient (Wildman–Crippen LogP) is 1.61. The SMILES string of the molecule is O=C(NCC(F)(F)F)C1CC(C2CCN(S(=O)(=O)/C=C/c3ccccc3)CC2)NN1. The molecular formula is C19H25F3N4O3S. The van der Waals surface area contributed by atoms with Crippen LogP contribution in [0, 0.1) is 5.92 Å². The molecule has 1 aromatic rings. The summed E-state index contributed by atoms with van der Waals surface area (Å²) in [6.07, 6.45) is -1.32. The molecule has 0 bridgehead atoms. The van der Waals surface area contributed by atoms with Crippen molar-refractivity contribution in [1.82, 2.24) is 20.5 Å². The Bertz CT molecular complexity index is 854. The Labute approximate surface area is 173 Å². The van der Waals surface area contributed by atoms with E-state index in [4.69, 9.17) is 0 Å². The second kappa shape index (κ2) is 9.46. The van der Waals surface area contributed by atoms with Gasteiger partial charge in [0.05, 0.1) is 0 Å². The first-order valence-corrected chi connectivity index (χ1v) is 11.2. The van der Waals surface area contributed by atoms with Crippen LogP contribution in [0.15, 0.2) is 35.7 Å². The largest absolute Gasteiger partial charge is 0.405 e. The van der Waals surface area contributed by atoms with Crippen LogP contribution in [0.5, 0.6) is 0 Å². The van der Waals surface area contributed by atoms with Gasteiger partial charge >= 0.3 is 6.18 Å².